The molecule has 1 N–H and O–H groups in total. The van der Waals surface area contributed by atoms with Crippen LogP contribution in [0.4, 0.5) is 11.5 Å². The summed E-state index contributed by atoms with van der Waals surface area (Å²) >= 11 is 1.82. The number of aromatic nitrogens is 1. The molecule has 1 aromatic heterocycles. The van der Waals surface area contributed by atoms with E-state index in [1.54, 1.807) is 4.90 Å². The van der Waals surface area contributed by atoms with Crippen molar-refractivity contribution in [2.75, 3.05) is 30.7 Å². The lowest BCUT2D eigenvalue weighted by Crippen LogP contribution is -2.41. The molecule has 1 unspecified atom stereocenters. The van der Waals surface area contributed by atoms with Crippen LogP contribution in [-0.4, -0.2) is 51.4 Å². The van der Waals surface area contributed by atoms with Crippen molar-refractivity contribution in [3.8, 4) is 0 Å². The lowest BCUT2D eigenvalue weighted by Gasteiger charge is -2.30. The van der Waals surface area contributed by atoms with Crippen LogP contribution in [0.15, 0.2) is 12.3 Å². The maximum absolute atomic E-state index is 12.6. The zero-order valence-corrected chi connectivity index (χ0v) is 12.9. The van der Waals surface area contributed by atoms with Crippen LogP contribution >= 0.6 is 11.8 Å². The number of hydrogen-bond donors (Lipinski definition) is 1. The van der Waals surface area contributed by atoms with Gasteiger partial charge in [0.05, 0.1) is 10.5 Å². The van der Waals surface area contributed by atoms with Crippen molar-refractivity contribution in [1.82, 2.24) is 9.88 Å². The summed E-state index contributed by atoms with van der Waals surface area (Å²) in [5.74, 6) is 1.08. The minimum Gasteiger partial charge on any atom is -0.370 e. The SMILES string of the molecule is CCNc1ncc([N+](=O)[O-])cc1C(=O)N1CCSC(C)C1. The zero-order valence-electron chi connectivity index (χ0n) is 12.0. The van der Waals surface area contributed by atoms with E-state index in [9.17, 15) is 14.9 Å². The standard InChI is InChI=1S/C13H18N4O3S/c1-3-14-12-11(6-10(7-15-12)17(19)20)13(18)16-4-5-21-9(2)8-16/h6-7,9H,3-5,8H2,1-2H3,(H,14,15). The number of nitrogens with zero attached hydrogens (tertiary/aromatic N) is 3. The van der Waals surface area contributed by atoms with Crippen LogP contribution in [0.3, 0.4) is 0 Å². The van der Waals surface area contributed by atoms with Crippen LogP contribution < -0.4 is 5.32 Å². The van der Waals surface area contributed by atoms with Crippen molar-refractivity contribution in [2.45, 2.75) is 19.1 Å². The minimum atomic E-state index is -0.534. The summed E-state index contributed by atoms with van der Waals surface area (Å²) in [5.41, 5.74) is 0.101. The molecule has 7 nitrogen and oxygen atoms in total. The van der Waals surface area contributed by atoms with Crippen LogP contribution in [0.25, 0.3) is 0 Å². The lowest BCUT2D eigenvalue weighted by molar-refractivity contribution is -0.385. The Balaban J connectivity index is 2.32. The number of thioether (sulfide) groups is 1. The molecule has 2 heterocycles. The number of amides is 1. The van der Waals surface area contributed by atoms with Gasteiger partial charge in [-0.25, -0.2) is 4.98 Å². The van der Waals surface area contributed by atoms with E-state index in [4.69, 9.17) is 0 Å². The van der Waals surface area contributed by atoms with Crippen molar-refractivity contribution in [1.29, 1.82) is 0 Å². The van der Waals surface area contributed by atoms with Gasteiger partial charge in [0.15, 0.2) is 0 Å². The molecule has 8 heteroatoms. The van der Waals surface area contributed by atoms with Crippen molar-refractivity contribution < 1.29 is 9.72 Å². The Morgan fingerprint density at radius 3 is 3.05 bits per heavy atom. The van der Waals surface area contributed by atoms with E-state index in [1.165, 1.54) is 12.3 Å². The molecule has 0 spiro atoms. The molecule has 1 aliphatic rings. The van der Waals surface area contributed by atoms with Gasteiger partial charge in [-0.05, 0) is 6.92 Å². The van der Waals surface area contributed by atoms with Gasteiger partial charge in [-0.1, -0.05) is 6.92 Å². The number of carbonyl (C=O) groups is 1. The average Bonchev–Trinajstić information content (AvgIpc) is 2.47. The van der Waals surface area contributed by atoms with Crippen molar-refractivity contribution >= 4 is 29.2 Å². The summed E-state index contributed by atoms with van der Waals surface area (Å²) in [5, 5.41) is 14.2. The molecule has 1 atom stereocenters. The van der Waals surface area contributed by atoms with Gasteiger partial charge >= 0.3 is 0 Å². The van der Waals surface area contributed by atoms with E-state index in [0.717, 1.165) is 5.75 Å². The third-order valence-electron chi connectivity index (χ3n) is 3.19. The molecule has 0 radical (unpaired) electrons. The van der Waals surface area contributed by atoms with E-state index >= 15 is 0 Å². The Hall–Kier alpha value is -1.83. The molecule has 1 saturated heterocycles. The van der Waals surface area contributed by atoms with Gasteiger partial charge in [-0.3, -0.25) is 14.9 Å². The molecule has 0 aliphatic carbocycles. The topological polar surface area (TPSA) is 88.4 Å². The summed E-state index contributed by atoms with van der Waals surface area (Å²) in [7, 11) is 0. The Morgan fingerprint density at radius 2 is 2.43 bits per heavy atom. The quantitative estimate of drug-likeness (QED) is 0.676. The third kappa shape index (κ3) is 3.63. The first kappa shape index (κ1) is 15.6. The molecule has 21 heavy (non-hydrogen) atoms. The first-order valence-electron chi connectivity index (χ1n) is 6.82. The molecule has 1 aromatic rings. The van der Waals surface area contributed by atoms with Crippen LogP contribution in [0.5, 0.6) is 0 Å². The van der Waals surface area contributed by atoms with E-state index < -0.39 is 4.92 Å². The summed E-state index contributed by atoms with van der Waals surface area (Å²) in [6.07, 6.45) is 1.17. The molecule has 114 valence electrons. The highest BCUT2D eigenvalue weighted by atomic mass is 32.2. The number of nitro groups is 1. The van der Waals surface area contributed by atoms with Crippen LogP contribution in [0, 0.1) is 10.1 Å². The fourth-order valence-electron chi connectivity index (χ4n) is 2.20. The van der Waals surface area contributed by atoms with Crippen LogP contribution in [0.2, 0.25) is 0 Å². The van der Waals surface area contributed by atoms with Gasteiger partial charge in [0.1, 0.15) is 12.0 Å². The van der Waals surface area contributed by atoms with E-state index in [-0.39, 0.29) is 17.2 Å². The van der Waals surface area contributed by atoms with Gasteiger partial charge in [-0.2, -0.15) is 11.8 Å². The highest BCUT2D eigenvalue weighted by Crippen LogP contribution is 2.24. The summed E-state index contributed by atoms with van der Waals surface area (Å²) in [6, 6.07) is 1.31. The van der Waals surface area contributed by atoms with Gasteiger partial charge < -0.3 is 10.2 Å². The average molecular weight is 310 g/mol. The fourth-order valence-corrected chi connectivity index (χ4v) is 3.21. The smallest absolute Gasteiger partial charge is 0.288 e. The minimum absolute atomic E-state index is 0.167. The highest BCUT2D eigenvalue weighted by Gasteiger charge is 2.26. The molecule has 0 saturated carbocycles. The van der Waals surface area contributed by atoms with Crippen LogP contribution in [-0.2, 0) is 0 Å². The lowest BCUT2D eigenvalue weighted by atomic mass is 10.2. The largest absolute Gasteiger partial charge is 0.370 e. The number of hydrogen-bond acceptors (Lipinski definition) is 6. The molecule has 1 fully saturated rings. The Morgan fingerprint density at radius 1 is 1.67 bits per heavy atom. The molecule has 1 aliphatic heterocycles. The molecule has 0 aromatic carbocycles. The van der Waals surface area contributed by atoms with E-state index in [0.29, 0.717) is 30.7 Å². The predicted octanol–water partition coefficient (Wildman–Crippen LogP) is 2.00. The zero-order chi connectivity index (χ0) is 15.4. The maximum atomic E-state index is 12.6. The Labute approximate surface area is 127 Å². The van der Waals surface area contributed by atoms with E-state index in [2.05, 4.69) is 17.2 Å². The molecule has 1 amide bonds. The fraction of sp³-hybridized carbons (Fsp3) is 0.538. The van der Waals surface area contributed by atoms with Crippen molar-refractivity contribution in [3.05, 3.63) is 27.9 Å². The Kier molecular flexibility index (Phi) is 5.00. The number of nitrogens with one attached hydrogen (secondary N) is 1. The molecular weight excluding hydrogens is 292 g/mol. The highest BCUT2D eigenvalue weighted by molar-refractivity contribution is 7.99. The second-order valence-electron chi connectivity index (χ2n) is 4.81. The van der Waals surface area contributed by atoms with Crippen LogP contribution in [0.1, 0.15) is 24.2 Å². The van der Waals surface area contributed by atoms with Crippen molar-refractivity contribution in [3.63, 3.8) is 0 Å². The summed E-state index contributed by atoms with van der Waals surface area (Å²) in [6.45, 7) is 5.86. The molecule has 0 bridgehead atoms. The number of pyridine rings is 1. The summed E-state index contributed by atoms with van der Waals surface area (Å²) in [4.78, 5) is 28.7. The number of anilines is 1. The Bertz CT molecular complexity index is 552. The number of rotatable bonds is 4. The van der Waals surface area contributed by atoms with Gasteiger partial charge in [0.25, 0.3) is 11.6 Å². The monoisotopic (exact) mass is 310 g/mol. The second kappa shape index (κ2) is 6.75. The third-order valence-corrected chi connectivity index (χ3v) is 4.32. The van der Waals surface area contributed by atoms with Crippen molar-refractivity contribution in [2.24, 2.45) is 0 Å². The second-order valence-corrected chi connectivity index (χ2v) is 6.36. The predicted molar refractivity (Wildman–Crippen MR) is 82.9 cm³/mol. The number of carbonyl (C=O) groups excluding carboxylic acids is 1. The van der Waals surface area contributed by atoms with Gasteiger partial charge in [0.2, 0.25) is 0 Å². The summed E-state index contributed by atoms with van der Waals surface area (Å²) < 4.78 is 0. The normalized spacial score (nSPS) is 18.4. The first-order chi connectivity index (χ1) is 10.0. The molecule has 2 rings (SSSR count). The first-order valence-corrected chi connectivity index (χ1v) is 7.87. The maximum Gasteiger partial charge on any atom is 0.288 e. The molecular formula is C13H18N4O3S. The van der Waals surface area contributed by atoms with E-state index in [1.807, 2.05) is 18.7 Å². The van der Waals surface area contributed by atoms with Gasteiger partial charge in [-0.15, -0.1) is 0 Å². The van der Waals surface area contributed by atoms with Gasteiger partial charge in [0, 0.05) is 36.7 Å².